The average molecular weight is 301 g/mol. The van der Waals surface area contributed by atoms with E-state index < -0.39 is 8.24 Å². The third kappa shape index (κ3) is 6.27. The Bertz CT molecular complexity index is 229. The first-order valence-corrected chi connectivity index (χ1v) is 11.9. The highest BCUT2D eigenvalue weighted by atomic mass is 28.3. The molecule has 2 nitrogen and oxygen atoms in total. The molecule has 0 aliphatic rings. The van der Waals surface area contributed by atoms with Gasteiger partial charge < -0.3 is 9.88 Å². The van der Waals surface area contributed by atoms with E-state index in [1.807, 2.05) is 0 Å². The van der Waals surface area contributed by atoms with Crippen LogP contribution in [0.25, 0.3) is 0 Å². The highest BCUT2D eigenvalue weighted by molar-refractivity contribution is 6.76. The van der Waals surface area contributed by atoms with Gasteiger partial charge in [0.15, 0.2) is 0 Å². The summed E-state index contributed by atoms with van der Waals surface area (Å²) >= 11 is 0. The zero-order chi connectivity index (χ0) is 15.6. The molecule has 0 aromatic heterocycles. The molecular formula is C17H40N2Si. The molecule has 1 N–H and O–H groups in total. The molecule has 0 aliphatic carbocycles. The average Bonchev–Trinajstić information content (AvgIpc) is 2.47. The van der Waals surface area contributed by atoms with Crippen molar-refractivity contribution in [1.29, 1.82) is 0 Å². The van der Waals surface area contributed by atoms with E-state index in [4.69, 9.17) is 0 Å². The van der Waals surface area contributed by atoms with Gasteiger partial charge in [-0.15, -0.1) is 0 Å². The smallest absolute Gasteiger partial charge is 0.122 e. The lowest BCUT2D eigenvalue weighted by Gasteiger charge is -2.44. The van der Waals surface area contributed by atoms with Crippen molar-refractivity contribution in [3.05, 3.63) is 0 Å². The van der Waals surface area contributed by atoms with Crippen LogP contribution in [0.4, 0.5) is 0 Å². The molecule has 0 rings (SSSR count). The summed E-state index contributed by atoms with van der Waals surface area (Å²) in [7, 11) is -1.26. The molecule has 0 unspecified atom stereocenters. The molecular weight excluding hydrogens is 260 g/mol. The zero-order valence-electron chi connectivity index (χ0n) is 15.3. The Balaban J connectivity index is 4.97. The maximum atomic E-state index is 4.19. The minimum Gasteiger partial charge on any atom is -0.331 e. The van der Waals surface area contributed by atoms with E-state index in [1.54, 1.807) is 0 Å². The van der Waals surface area contributed by atoms with Gasteiger partial charge in [-0.3, -0.25) is 0 Å². The largest absolute Gasteiger partial charge is 0.331 e. The molecule has 0 atom stereocenters. The number of hydrogen-bond donors (Lipinski definition) is 1. The van der Waals surface area contributed by atoms with Gasteiger partial charge in [-0.2, -0.15) is 0 Å². The van der Waals surface area contributed by atoms with Crippen LogP contribution in [0.3, 0.4) is 0 Å². The van der Waals surface area contributed by atoms with E-state index in [1.165, 1.54) is 57.4 Å². The van der Waals surface area contributed by atoms with Crippen LogP contribution in [-0.4, -0.2) is 38.3 Å². The van der Waals surface area contributed by atoms with E-state index in [0.717, 1.165) is 0 Å². The van der Waals surface area contributed by atoms with Crippen molar-refractivity contribution >= 4 is 8.24 Å². The molecule has 122 valence electrons. The number of hydrogen-bond acceptors (Lipinski definition) is 2. The van der Waals surface area contributed by atoms with Crippen LogP contribution >= 0.6 is 0 Å². The third-order valence-electron chi connectivity index (χ3n) is 5.09. The van der Waals surface area contributed by atoms with Crippen LogP contribution in [0.5, 0.6) is 0 Å². The van der Waals surface area contributed by atoms with Crippen LogP contribution < -0.4 is 4.98 Å². The predicted molar refractivity (Wildman–Crippen MR) is 96.1 cm³/mol. The fourth-order valence-corrected chi connectivity index (χ4v) is 5.65. The van der Waals surface area contributed by atoms with Gasteiger partial charge in [0.05, 0.1) is 0 Å². The Hall–Kier alpha value is 0.137. The molecule has 0 spiro atoms. The predicted octanol–water partition coefficient (Wildman–Crippen LogP) is 4.87. The third-order valence-corrected chi connectivity index (χ3v) is 9.34. The Kier molecular flexibility index (Phi) is 10.0. The van der Waals surface area contributed by atoms with E-state index in [2.05, 4.69) is 58.0 Å². The van der Waals surface area contributed by atoms with Gasteiger partial charge in [-0.1, -0.05) is 48.1 Å². The number of nitrogens with zero attached hydrogens (tertiary/aromatic N) is 1. The van der Waals surface area contributed by atoms with Gasteiger partial charge in [0.1, 0.15) is 8.24 Å². The van der Waals surface area contributed by atoms with Gasteiger partial charge >= 0.3 is 0 Å². The van der Waals surface area contributed by atoms with Crippen molar-refractivity contribution in [3.63, 3.8) is 0 Å². The highest BCUT2D eigenvalue weighted by Crippen LogP contribution is 2.23. The zero-order valence-corrected chi connectivity index (χ0v) is 16.3. The second kappa shape index (κ2) is 9.96. The lowest BCUT2D eigenvalue weighted by atomic mass is 9.93. The summed E-state index contributed by atoms with van der Waals surface area (Å²) in [5.74, 6) is 0. The second-order valence-corrected chi connectivity index (χ2v) is 11.4. The van der Waals surface area contributed by atoms with Gasteiger partial charge in [0.2, 0.25) is 0 Å². The molecule has 0 aromatic rings. The quantitative estimate of drug-likeness (QED) is 0.517. The summed E-state index contributed by atoms with van der Waals surface area (Å²) in [6, 6.07) is 2.68. The lowest BCUT2D eigenvalue weighted by molar-refractivity contribution is 0.185. The van der Waals surface area contributed by atoms with Gasteiger partial charge in [0.25, 0.3) is 0 Å². The fourth-order valence-electron chi connectivity index (χ4n) is 3.09. The molecule has 0 heterocycles. The van der Waals surface area contributed by atoms with Crippen LogP contribution in [0.2, 0.25) is 18.6 Å². The first kappa shape index (κ1) is 20.1. The molecule has 0 saturated carbocycles. The molecule has 0 radical (unpaired) electrons. The van der Waals surface area contributed by atoms with Crippen LogP contribution in [-0.2, 0) is 0 Å². The minimum atomic E-state index is -1.26. The summed E-state index contributed by atoms with van der Waals surface area (Å²) in [4.78, 5) is 6.87. The molecule has 20 heavy (non-hydrogen) atoms. The van der Waals surface area contributed by atoms with E-state index in [9.17, 15) is 0 Å². The normalized spacial score (nSPS) is 13.2. The summed E-state index contributed by atoms with van der Waals surface area (Å²) in [6.07, 6.45) is 5.02. The van der Waals surface area contributed by atoms with Crippen molar-refractivity contribution in [2.75, 3.05) is 19.6 Å². The summed E-state index contributed by atoms with van der Waals surface area (Å²) in [5, 5.41) is 0. The van der Waals surface area contributed by atoms with Crippen molar-refractivity contribution in [1.82, 2.24) is 9.88 Å². The Morgan fingerprint density at radius 2 is 1.30 bits per heavy atom. The lowest BCUT2D eigenvalue weighted by Crippen LogP contribution is -2.63. The monoisotopic (exact) mass is 300 g/mol. The first-order chi connectivity index (χ1) is 9.44. The molecule has 0 amide bonds. The Morgan fingerprint density at radius 3 is 1.60 bits per heavy atom. The van der Waals surface area contributed by atoms with E-state index in [0.29, 0.717) is 5.54 Å². The molecule has 0 aromatic carbocycles. The maximum Gasteiger partial charge on any atom is 0.122 e. The van der Waals surface area contributed by atoms with Crippen molar-refractivity contribution in [3.8, 4) is 0 Å². The summed E-state index contributed by atoms with van der Waals surface area (Å²) in [5.41, 5.74) is 0.331. The molecule has 0 aliphatic heterocycles. The number of rotatable bonds is 12. The van der Waals surface area contributed by atoms with Crippen LogP contribution in [0.15, 0.2) is 0 Å². The van der Waals surface area contributed by atoms with E-state index in [-0.39, 0.29) is 0 Å². The summed E-state index contributed by atoms with van der Waals surface area (Å²) < 4.78 is 0. The van der Waals surface area contributed by atoms with Gasteiger partial charge in [0, 0.05) is 12.1 Å². The first-order valence-electron chi connectivity index (χ1n) is 8.96. The summed E-state index contributed by atoms with van der Waals surface area (Å²) in [6.45, 7) is 20.3. The van der Waals surface area contributed by atoms with E-state index >= 15 is 0 Å². The molecule has 0 saturated heterocycles. The Morgan fingerprint density at radius 1 is 0.850 bits per heavy atom. The minimum absolute atomic E-state index is 0.331. The maximum absolute atomic E-state index is 4.19. The van der Waals surface area contributed by atoms with Crippen molar-refractivity contribution in [2.24, 2.45) is 0 Å². The molecule has 3 heteroatoms. The van der Waals surface area contributed by atoms with Crippen LogP contribution in [0, 0.1) is 0 Å². The molecule has 0 fully saturated rings. The fraction of sp³-hybridized carbons (Fsp3) is 1.00. The Labute approximate surface area is 129 Å². The number of nitrogens with one attached hydrogen (secondary N) is 1. The standard InChI is InChI=1S/C17H40N2Si/c1-8-14-19(15-9-2)16-17(10-3,11-4)18-20(7,12-5)13-6/h18H,8-16H2,1-7H3. The van der Waals surface area contributed by atoms with Crippen LogP contribution in [0.1, 0.15) is 67.2 Å². The molecule has 0 bridgehead atoms. The highest BCUT2D eigenvalue weighted by Gasteiger charge is 2.35. The van der Waals surface area contributed by atoms with Gasteiger partial charge in [-0.05, 0) is 50.9 Å². The SMILES string of the molecule is CCCN(CCC)CC(CC)(CC)N[Si](C)(CC)CC. The second-order valence-electron chi connectivity index (χ2n) is 6.66. The van der Waals surface area contributed by atoms with Crippen molar-refractivity contribution < 1.29 is 0 Å². The van der Waals surface area contributed by atoms with Crippen molar-refractivity contribution in [2.45, 2.75) is 91.4 Å². The topological polar surface area (TPSA) is 15.3 Å². The van der Waals surface area contributed by atoms with Gasteiger partial charge in [-0.25, -0.2) is 0 Å².